The molecule has 2 aromatic rings. The number of thiophene rings is 1. The number of rotatable bonds is 10. The van der Waals surface area contributed by atoms with E-state index in [1.54, 1.807) is 11.3 Å². The van der Waals surface area contributed by atoms with Crippen LogP contribution in [0.5, 0.6) is 0 Å². The largest absolute Gasteiger partial charge is 0.478 e. The fraction of sp³-hybridized carbons (Fsp3) is 0.480. The van der Waals surface area contributed by atoms with E-state index in [0.717, 1.165) is 45.7 Å². The van der Waals surface area contributed by atoms with E-state index in [9.17, 15) is 14.4 Å². The Bertz CT molecular complexity index is 971. The number of hydrogen-bond acceptors (Lipinski definition) is 7. The number of hydrogen-bond donors (Lipinski definition) is 2. The Morgan fingerprint density at radius 3 is 2.38 bits per heavy atom. The van der Waals surface area contributed by atoms with Gasteiger partial charge in [-0.3, -0.25) is 9.69 Å². The second kappa shape index (κ2) is 13.2. The number of carboxylic acids is 2. The highest BCUT2D eigenvalue weighted by atomic mass is 32.1. The summed E-state index contributed by atoms with van der Waals surface area (Å²) < 4.78 is 12.6. The minimum atomic E-state index is -1.26. The van der Waals surface area contributed by atoms with E-state index in [-0.39, 0.29) is 12.1 Å². The van der Waals surface area contributed by atoms with Crippen molar-refractivity contribution in [1.82, 2.24) is 4.90 Å². The minimum absolute atomic E-state index is 0.0645. The molecule has 1 aliphatic rings. The first kappa shape index (κ1) is 27.5. The monoisotopic (exact) mass is 491 g/mol. The number of esters is 1. The number of carbonyl (C=O) groups excluding carboxylic acids is 1. The van der Waals surface area contributed by atoms with Crippen LogP contribution in [-0.4, -0.2) is 72.0 Å². The first-order chi connectivity index (χ1) is 16.0. The molecule has 1 aromatic heterocycles. The molecule has 0 bridgehead atoms. The van der Waals surface area contributed by atoms with Gasteiger partial charge in [-0.05, 0) is 62.1 Å². The summed E-state index contributed by atoms with van der Waals surface area (Å²) in [6.07, 6.45) is 3.16. The molecule has 34 heavy (non-hydrogen) atoms. The van der Waals surface area contributed by atoms with Crippen molar-refractivity contribution in [3.8, 4) is 0 Å². The number of carbonyl (C=O) groups is 3. The predicted octanol–water partition coefficient (Wildman–Crippen LogP) is 3.84. The fourth-order valence-electron chi connectivity index (χ4n) is 3.10. The lowest BCUT2D eigenvalue weighted by Gasteiger charge is -2.39. The van der Waals surface area contributed by atoms with Gasteiger partial charge in [0.1, 0.15) is 6.10 Å². The lowest BCUT2D eigenvalue weighted by atomic mass is 9.97. The SMILES string of the molecule is CC(C)(C)C(=O)OC1CN(CCCOCCc2ccc3sccc3c2)C1.O=C(O)C=CC(=O)O. The lowest BCUT2D eigenvalue weighted by Crippen LogP contribution is -2.53. The van der Waals surface area contributed by atoms with E-state index in [1.165, 1.54) is 15.6 Å². The molecule has 9 heteroatoms. The number of fused-ring (bicyclic) bond motifs is 1. The van der Waals surface area contributed by atoms with Gasteiger partial charge < -0.3 is 19.7 Å². The molecule has 186 valence electrons. The maximum atomic E-state index is 11.8. The normalized spacial score (nSPS) is 14.4. The van der Waals surface area contributed by atoms with Gasteiger partial charge in [-0.2, -0.15) is 0 Å². The van der Waals surface area contributed by atoms with E-state index >= 15 is 0 Å². The summed E-state index contributed by atoms with van der Waals surface area (Å²) in [5.41, 5.74) is 0.921. The van der Waals surface area contributed by atoms with Gasteiger partial charge in [0.25, 0.3) is 0 Å². The molecular formula is C25H33NO7S. The van der Waals surface area contributed by atoms with Crippen molar-refractivity contribution < 1.29 is 34.1 Å². The third kappa shape index (κ3) is 10.0. The summed E-state index contributed by atoms with van der Waals surface area (Å²) in [6, 6.07) is 8.82. The molecule has 0 radical (unpaired) electrons. The molecule has 1 aromatic carbocycles. The zero-order valence-electron chi connectivity index (χ0n) is 19.9. The molecule has 0 spiro atoms. The maximum absolute atomic E-state index is 11.8. The topological polar surface area (TPSA) is 113 Å². The molecule has 1 aliphatic heterocycles. The van der Waals surface area contributed by atoms with Crippen molar-refractivity contribution in [2.75, 3.05) is 32.8 Å². The molecule has 0 unspecified atom stereocenters. The summed E-state index contributed by atoms with van der Waals surface area (Å²) in [7, 11) is 0. The van der Waals surface area contributed by atoms with Gasteiger partial charge in [0.05, 0.1) is 12.0 Å². The van der Waals surface area contributed by atoms with Crippen molar-refractivity contribution in [1.29, 1.82) is 0 Å². The summed E-state index contributed by atoms with van der Waals surface area (Å²) in [5, 5.41) is 19.1. The van der Waals surface area contributed by atoms with Crippen LogP contribution in [0.2, 0.25) is 0 Å². The third-order valence-corrected chi connectivity index (χ3v) is 5.89. The number of carboxylic acid groups (broad SMARTS) is 2. The van der Waals surface area contributed by atoms with Crippen LogP contribution in [0.1, 0.15) is 32.8 Å². The second-order valence-electron chi connectivity index (χ2n) is 9.06. The van der Waals surface area contributed by atoms with Gasteiger partial charge in [-0.15, -0.1) is 11.3 Å². The Kier molecular flexibility index (Phi) is 10.7. The summed E-state index contributed by atoms with van der Waals surface area (Å²) >= 11 is 1.78. The summed E-state index contributed by atoms with van der Waals surface area (Å²) in [6.45, 7) is 9.92. The minimum Gasteiger partial charge on any atom is -0.478 e. The molecular weight excluding hydrogens is 458 g/mol. The highest BCUT2D eigenvalue weighted by Gasteiger charge is 2.33. The van der Waals surface area contributed by atoms with Crippen molar-refractivity contribution >= 4 is 39.3 Å². The zero-order chi connectivity index (χ0) is 25.1. The zero-order valence-corrected chi connectivity index (χ0v) is 20.7. The summed E-state index contributed by atoms with van der Waals surface area (Å²) in [5.74, 6) is -2.62. The van der Waals surface area contributed by atoms with Crippen LogP contribution in [0.3, 0.4) is 0 Å². The standard InChI is InChI=1S/C21H29NO3S.C4H4O4/c1-21(2,3)20(23)25-18-14-22(15-18)9-4-10-24-11-7-16-5-6-19-17(13-16)8-12-26-19;5-3(6)1-2-4(7)8/h5-6,8,12-13,18H,4,7,9-11,14-15H2,1-3H3;1-2H,(H,5,6)(H,7,8). The van der Waals surface area contributed by atoms with Crippen molar-refractivity contribution in [3.05, 3.63) is 47.4 Å². The van der Waals surface area contributed by atoms with Crippen molar-refractivity contribution in [3.63, 3.8) is 0 Å². The smallest absolute Gasteiger partial charge is 0.328 e. The first-order valence-corrected chi connectivity index (χ1v) is 12.0. The highest BCUT2D eigenvalue weighted by Crippen LogP contribution is 2.22. The van der Waals surface area contributed by atoms with Gasteiger partial charge >= 0.3 is 17.9 Å². The Morgan fingerprint density at radius 1 is 1.09 bits per heavy atom. The molecule has 2 N–H and O–H groups in total. The molecule has 0 saturated carbocycles. The Hall–Kier alpha value is -2.75. The summed E-state index contributed by atoms with van der Waals surface area (Å²) in [4.78, 5) is 33.2. The molecule has 1 fully saturated rings. The first-order valence-electron chi connectivity index (χ1n) is 11.2. The van der Waals surface area contributed by atoms with Crippen LogP contribution in [0.4, 0.5) is 0 Å². The average Bonchev–Trinajstić information content (AvgIpc) is 3.20. The van der Waals surface area contributed by atoms with Crippen LogP contribution in [-0.2, 0) is 30.3 Å². The Balaban J connectivity index is 0.000000440. The van der Waals surface area contributed by atoms with Crippen molar-refractivity contribution in [2.45, 2.75) is 39.7 Å². The van der Waals surface area contributed by atoms with Crippen molar-refractivity contribution in [2.24, 2.45) is 5.41 Å². The van der Waals surface area contributed by atoms with Gasteiger partial charge in [0.15, 0.2) is 0 Å². The van der Waals surface area contributed by atoms with E-state index in [0.29, 0.717) is 12.2 Å². The molecule has 0 aliphatic carbocycles. The molecule has 2 heterocycles. The van der Waals surface area contributed by atoms with E-state index < -0.39 is 17.4 Å². The van der Waals surface area contributed by atoms with Gasteiger partial charge in [-0.1, -0.05) is 12.1 Å². The van der Waals surface area contributed by atoms with Crippen LogP contribution >= 0.6 is 11.3 Å². The van der Waals surface area contributed by atoms with Crippen LogP contribution in [0.25, 0.3) is 10.1 Å². The molecule has 0 amide bonds. The molecule has 3 rings (SSSR count). The van der Waals surface area contributed by atoms with Crippen LogP contribution in [0.15, 0.2) is 41.8 Å². The number of aliphatic carboxylic acids is 2. The number of ether oxygens (including phenoxy) is 2. The van der Waals surface area contributed by atoms with E-state index in [2.05, 4.69) is 34.5 Å². The van der Waals surface area contributed by atoms with E-state index in [4.69, 9.17) is 19.7 Å². The quantitative estimate of drug-likeness (QED) is 0.293. The van der Waals surface area contributed by atoms with Gasteiger partial charge in [0, 0.05) is 43.1 Å². The predicted molar refractivity (Wildman–Crippen MR) is 131 cm³/mol. The molecule has 0 atom stereocenters. The van der Waals surface area contributed by atoms with Crippen LogP contribution < -0.4 is 0 Å². The molecule has 1 saturated heterocycles. The van der Waals surface area contributed by atoms with Gasteiger partial charge in [0.2, 0.25) is 0 Å². The van der Waals surface area contributed by atoms with Crippen LogP contribution in [0, 0.1) is 5.41 Å². The number of nitrogens with zero attached hydrogens (tertiary/aromatic N) is 1. The molecule has 8 nitrogen and oxygen atoms in total. The third-order valence-electron chi connectivity index (χ3n) is 4.99. The maximum Gasteiger partial charge on any atom is 0.328 e. The van der Waals surface area contributed by atoms with Gasteiger partial charge in [-0.25, -0.2) is 9.59 Å². The van der Waals surface area contributed by atoms with E-state index in [1.807, 2.05) is 20.8 Å². The average molecular weight is 492 g/mol. The second-order valence-corrected chi connectivity index (χ2v) is 10.0. The Morgan fingerprint density at radius 2 is 1.76 bits per heavy atom. The fourth-order valence-corrected chi connectivity index (χ4v) is 3.88. The number of benzene rings is 1. The highest BCUT2D eigenvalue weighted by molar-refractivity contribution is 7.17. The lowest BCUT2D eigenvalue weighted by molar-refractivity contribution is -0.167. The Labute approximate surface area is 203 Å². The number of likely N-dealkylation sites (tertiary alicyclic amines) is 1.